The zero-order chi connectivity index (χ0) is 21.6. The lowest BCUT2D eigenvalue weighted by atomic mass is 10.0. The van der Waals surface area contributed by atoms with Crippen molar-refractivity contribution in [1.29, 1.82) is 0 Å². The van der Waals surface area contributed by atoms with Gasteiger partial charge in [-0.1, -0.05) is 23.7 Å². The number of hydrogen-bond donors (Lipinski definition) is 1. The van der Waals surface area contributed by atoms with Gasteiger partial charge in [-0.15, -0.1) is 0 Å². The minimum Gasteiger partial charge on any atom is -0.468 e. The summed E-state index contributed by atoms with van der Waals surface area (Å²) in [7, 11) is 0. The molecule has 2 aromatic rings. The number of amides is 1. The van der Waals surface area contributed by atoms with Crippen LogP contribution in [0.25, 0.3) is 0 Å². The van der Waals surface area contributed by atoms with Crippen molar-refractivity contribution >= 4 is 17.5 Å². The van der Waals surface area contributed by atoms with Crippen LogP contribution in [-0.4, -0.2) is 61.4 Å². The van der Waals surface area contributed by atoms with E-state index in [1.807, 2.05) is 12.1 Å². The lowest BCUT2D eigenvalue weighted by Gasteiger charge is -2.35. The molecule has 0 radical (unpaired) electrons. The van der Waals surface area contributed by atoms with Gasteiger partial charge in [0.05, 0.1) is 24.8 Å². The zero-order valence-electron chi connectivity index (χ0n) is 16.0. The summed E-state index contributed by atoms with van der Waals surface area (Å²) in [6.07, 6.45) is -3.26. The monoisotopic (exact) mass is 443 g/mol. The van der Waals surface area contributed by atoms with Crippen molar-refractivity contribution in [2.24, 2.45) is 0 Å². The fraction of sp³-hybridized carbons (Fsp3) is 0.400. The van der Waals surface area contributed by atoms with Crippen molar-refractivity contribution in [3.05, 3.63) is 58.7 Å². The molecule has 0 bridgehead atoms. The van der Waals surface area contributed by atoms with Gasteiger partial charge in [0.15, 0.2) is 6.61 Å². The lowest BCUT2D eigenvalue weighted by Crippen LogP contribution is -2.43. The third-order valence-corrected chi connectivity index (χ3v) is 4.83. The first-order valence-corrected chi connectivity index (χ1v) is 9.71. The van der Waals surface area contributed by atoms with E-state index in [2.05, 4.69) is 19.9 Å². The van der Waals surface area contributed by atoms with Crippen LogP contribution in [-0.2, 0) is 4.74 Å². The van der Waals surface area contributed by atoms with E-state index in [0.29, 0.717) is 24.8 Å². The normalized spacial score (nSPS) is 16.1. The van der Waals surface area contributed by atoms with Crippen molar-refractivity contribution in [3.8, 4) is 5.88 Å². The maximum Gasteiger partial charge on any atom is 0.422 e. The molecule has 10 heteroatoms. The summed E-state index contributed by atoms with van der Waals surface area (Å²) in [5, 5.41) is 3.50. The van der Waals surface area contributed by atoms with Gasteiger partial charge in [0.2, 0.25) is 5.88 Å². The van der Waals surface area contributed by atoms with E-state index >= 15 is 0 Å². The van der Waals surface area contributed by atoms with Gasteiger partial charge in [0, 0.05) is 36.9 Å². The first kappa shape index (κ1) is 22.3. The molecule has 1 aromatic carbocycles. The Balaban J connectivity index is 1.62. The van der Waals surface area contributed by atoms with Crippen LogP contribution in [0.1, 0.15) is 22.0 Å². The Labute approximate surface area is 176 Å². The van der Waals surface area contributed by atoms with Gasteiger partial charge in [0.25, 0.3) is 5.91 Å². The molecule has 1 aromatic heterocycles. The molecule has 1 amide bonds. The van der Waals surface area contributed by atoms with Crippen molar-refractivity contribution in [2.75, 3.05) is 39.5 Å². The molecule has 0 aliphatic carbocycles. The topological polar surface area (TPSA) is 63.7 Å². The van der Waals surface area contributed by atoms with Gasteiger partial charge in [-0.05, 0) is 23.8 Å². The molecule has 1 saturated heterocycles. The molecule has 1 N–H and O–H groups in total. The number of carbonyl (C=O) groups is 1. The molecule has 1 aliphatic heterocycles. The minimum absolute atomic E-state index is 0.0718. The van der Waals surface area contributed by atoms with E-state index in [1.54, 1.807) is 12.1 Å². The van der Waals surface area contributed by atoms with E-state index in [-0.39, 0.29) is 23.4 Å². The average Bonchev–Trinajstić information content (AvgIpc) is 2.74. The number of rotatable bonds is 7. The third-order valence-electron chi connectivity index (χ3n) is 4.58. The van der Waals surface area contributed by atoms with E-state index in [1.165, 1.54) is 18.3 Å². The third kappa shape index (κ3) is 6.58. The second-order valence-electron chi connectivity index (χ2n) is 6.71. The van der Waals surface area contributed by atoms with Crippen molar-refractivity contribution in [3.63, 3.8) is 0 Å². The van der Waals surface area contributed by atoms with Gasteiger partial charge in [0.1, 0.15) is 0 Å². The molecule has 3 rings (SSSR count). The predicted octanol–water partition coefficient (Wildman–Crippen LogP) is 3.48. The highest BCUT2D eigenvalue weighted by Gasteiger charge is 2.28. The number of halogens is 4. The molecule has 6 nitrogen and oxygen atoms in total. The Hall–Kier alpha value is -2.36. The highest BCUT2D eigenvalue weighted by Crippen LogP contribution is 2.23. The molecule has 1 atom stereocenters. The van der Waals surface area contributed by atoms with Crippen LogP contribution in [0, 0.1) is 0 Å². The molecule has 1 unspecified atom stereocenters. The first-order chi connectivity index (χ1) is 14.3. The van der Waals surface area contributed by atoms with E-state index in [4.69, 9.17) is 16.3 Å². The Morgan fingerprint density at radius 1 is 1.20 bits per heavy atom. The second kappa shape index (κ2) is 10.1. The summed E-state index contributed by atoms with van der Waals surface area (Å²) in [4.78, 5) is 18.5. The Bertz CT molecular complexity index is 826. The number of morpholine rings is 1. The quantitative estimate of drug-likeness (QED) is 0.710. The molecular formula is C20H21ClF3N3O3. The molecule has 1 aliphatic rings. The summed E-state index contributed by atoms with van der Waals surface area (Å²) < 4.78 is 46.6. The lowest BCUT2D eigenvalue weighted by molar-refractivity contribution is -0.154. The van der Waals surface area contributed by atoms with Crippen LogP contribution in [0.2, 0.25) is 5.02 Å². The number of nitrogens with one attached hydrogen (secondary N) is 1. The molecular weight excluding hydrogens is 423 g/mol. The molecule has 2 heterocycles. The van der Waals surface area contributed by atoms with Crippen molar-refractivity contribution < 1.29 is 27.4 Å². The summed E-state index contributed by atoms with van der Waals surface area (Å²) in [6, 6.07) is 9.98. The second-order valence-corrected chi connectivity index (χ2v) is 7.15. The van der Waals surface area contributed by atoms with E-state index in [0.717, 1.165) is 18.7 Å². The summed E-state index contributed by atoms with van der Waals surface area (Å²) in [6.45, 7) is 1.59. The van der Waals surface area contributed by atoms with Crippen molar-refractivity contribution in [1.82, 2.24) is 15.2 Å². The molecule has 0 saturated carbocycles. The molecule has 162 valence electrons. The Morgan fingerprint density at radius 2 is 1.90 bits per heavy atom. The maximum absolute atomic E-state index is 12.5. The van der Waals surface area contributed by atoms with Gasteiger partial charge in [-0.25, -0.2) is 4.98 Å². The van der Waals surface area contributed by atoms with E-state index < -0.39 is 12.8 Å². The minimum atomic E-state index is -4.45. The number of alkyl halides is 3. The van der Waals surface area contributed by atoms with Gasteiger partial charge < -0.3 is 14.8 Å². The largest absolute Gasteiger partial charge is 0.468 e. The molecule has 1 fully saturated rings. The number of hydrogen-bond acceptors (Lipinski definition) is 5. The zero-order valence-corrected chi connectivity index (χ0v) is 16.7. The van der Waals surface area contributed by atoms with Crippen LogP contribution in [0.4, 0.5) is 13.2 Å². The van der Waals surface area contributed by atoms with Crippen LogP contribution >= 0.6 is 11.6 Å². The smallest absolute Gasteiger partial charge is 0.422 e. The van der Waals surface area contributed by atoms with Crippen LogP contribution in [0.15, 0.2) is 42.6 Å². The van der Waals surface area contributed by atoms with Crippen LogP contribution in [0.5, 0.6) is 5.88 Å². The summed E-state index contributed by atoms with van der Waals surface area (Å²) in [5.74, 6) is -0.576. The standard InChI is InChI=1S/C20H21ClF3N3O3/c21-16-4-1-14(2-5-16)17(27-7-9-29-10-8-27)12-26-19(28)15-3-6-18(25-11-15)30-13-20(22,23)24/h1-6,11,17H,7-10,12-13H2,(H,26,28). The fourth-order valence-corrected chi connectivity index (χ4v) is 3.21. The summed E-state index contributed by atoms with van der Waals surface area (Å²) in [5.41, 5.74) is 1.24. The number of nitrogens with zero attached hydrogens (tertiary/aromatic N) is 2. The van der Waals surface area contributed by atoms with Gasteiger partial charge >= 0.3 is 6.18 Å². The van der Waals surface area contributed by atoms with Gasteiger partial charge in [-0.2, -0.15) is 13.2 Å². The van der Waals surface area contributed by atoms with E-state index in [9.17, 15) is 18.0 Å². The maximum atomic E-state index is 12.5. The molecule has 0 spiro atoms. The van der Waals surface area contributed by atoms with Gasteiger partial charge in [-0.3, -0.25) is 9.69 Å². The number of ether oxygens (including phenoxy) is 2. The fourth-order valence-electron chi connectivity index (χ4n) is 3.08. The highest BCUT2D eigenvalue weighted by molar-refractivity contribution is 6.30. The average molecular weight is 444 g/mol. The Kier molecular flexibility index (Phi) is 7.52. The number of aromatic nitrogens is 1. The van der Waals surface area contributed by atoms with Crippen LogP contribution < -0.4 is 10.1 Å². The highest BCUT2D eigenvalue weighted by atomic mass is 35.5. The first-order valence-electron chi connectivity index (χ1n) is 9.33. The SMILES string of the molecule is O=C(NCC(c1ccc(Cl)cc1)N1CCOCC1)c1ccc(OCC(F)(F)F)nc1. The van der Waals surface area contributed by atoms with Crippen LogP contribution in [0.3, 0.4) is 0 Å². The number of pyridine rings is 1. The summed E-state index contributed by atoms with van der Waals surface area (Å²) >= 11 is 5.99. The predicted molar refractivity (Wildman–Crippen MR) is 105 cm³/mol. The Morgan fingerprint density at radius 3 is 2.50 bits per heavy atom. The molecule has 30 heavy (non-hydrogen) atoms. The van der Waals surface area contributed by atoms with Crippen molar-refractivity contribution in [2.45, 2.75) is 12.2 Å². The number of benzene rings is 1. The number of carbonyl (C=O) groups excluding carboxylic acids is 1.